The van der Waals surface area contributed by atoms with E-state index in [2.05, 4.69) is 5.32 Å². The van der Waals surface area contributed by atoms with Crippen LogP contribution in [0.4, 0.5) is 0 Å². The van der Waals surface area contributed by atoms with Gasteiger partial charge in [0.05, 0.1) is 11.5 Å². The summed E-state index contributed by atoms with van der Waals surface area (Å²) in [6.07, 6.45) is 0. The van der Waals surface area contributed by atoms with Gasteiger partial charge in [0.1, 0.15) is 0 Å². The monoisotopic (exact) mass is 221 g/mol. The highest BCUT2D eigenvalue weighted by Crippen LogP contribution is 2.25. The zero-order valence-electron chi connectivity index (χ0n) is 8.49. The second-order valence-corrected chi connectivity index (χ2v) is 6.41. The average molecular weight is 221 g/mol. The van der Waals surface area contributed by atoms with E-state index in [-0.39, 0.29) is 11.5 Å². The Hall–Kier alpha value is -0.460. The Balaban J connectivity index is 2.68. The molecule has 2 N–H and O–H groups in total. The summed E-state index contributed by atoms with van der Waals surface area (Å²) in [5, 5.41) is 12.3. The minimum absolute atomic E-state index is 0.0383. The predicted octanol–water partition coefficient (Wildman–Crippen LogP) is -0.939. The molecule has 0 aromatic rings. The maximum atomic E-state index is 11.0. The molecule has 0 bridgehead atoms. The highest BCUT2D eigenvalue weighted by Gasteiger charge is 2.48. The Morgan fingerprint density at radius 3 is 2.21 bits per heavy atom. The van der Waals surface area contributed by atoms with Gasteiger partial charge in [-0.3, -0.25) is 10.1 Å². The van der Waals surface area contributed by atoms with Crippen LogP contribution < -0.4 is 5.32 Å². The molecule has 1 heterocycles. The van der Waals surface area contributed by atoms with Gasteiger partial charge in [-0.25, -0.2) is 8.42 Å². The van der Waals surface area contributed by atoms with Crippen molar-refractivity contribution in [3.63, 3.8) is 0 Å². The number of carbonyl (C=O) groups excluding carboxylic acids is 1. The molecule has 0 spiro atoms. The molecule has 82 valence electrons. The fraction of sp³-hybridized carbons (Fsp3) is 0.875. The molecule has 0 aliphatic carbocycles. The van der Waals surface area contributed by atoms with Gasteiger partial charge in [-0.2, -0.15) is 0 Å². The normalized spacial score (nSPS) is 27.4. The van der Waals surface area contributed by atoms with E-state index in [4.69, 9.17) is 0 Å². The van der Waals surface area contributed by atoms with Crippen molar-refractivity contribution in [1.29, 1.82) is 0 Å². The number of hydrogen-bond acceptors (Lipinski definition) is 5. The first-order valence-electron chi connectivity index (χ1n) is 4.30. The number of ketones is 1. The highest BCUT2D eigenvalue weighted by molar-refractivity contribution is 7.93. The summed E-state index contributed by atoms with van der Waals surface area (Å²) in [5.41, 5.74) is -2.33. The SMILES string of the molecule is CC(=O)C(C)(O)NC1(C)CS(=O)(=O)C1. The lowest BCUT2D eigenvalue weighted by atomic mass is 10.0. The van der Waals surface area contributed by atoms with Gasteiger partial charge in [0.2, 0.25) is 0 Å². The van der Waals surface area contributed by atoms with Gasteiger partial charge in [0.25, 0.3) is 0 Å². The lowest BCUT2D eigenvalue weighted by Gasteiger charge is -2.42. The molecule has 0 aromatic heterocycles. The van der Waals surface area contributed by atoms with Crippen LogP contribution in [-0.2, 0) is 14.6 Å². The number of carbonyl (C=O) groups is 1. The Bertz CT molecular complexity index is 346. The molecule has 0 amide bonds. The van der Waals surface area contributed by atoms with Crippen LogP contribution in [0.5, 0.6) is 0 Å². The van der Waals surface area contributed by atoms with Crippen molar-refractivity contribution >= 4 is 15.6 Å². The van der Waals surface area contributed by atoms with E-state index >= 15 is 0 Å². The molecule has 5 nitrogen and oxygen atoms in total. The van der Waals surface area contributed by atoms with Gasteiger partial charge in [0.15, 0.2) is 21.3 Å². The largest absolute Gasteiger partial charge is 0.369 e. The fourth-order valence-corrected chi connectivity index (χ4v) is 3.68. The number of aliphatic hydroxyl groups is 1. The van der Waals surface area contributed by atoms with Gasteiger partial charge in [-0.15, -0.1) is 0 Å². The van der Waals surface area contributed by atoms with Gasteiger partial charge in [-0.05, 0) is 20.8 Å². The van der Waals surface area contributed by atoms with Crippen LogP contribution in [-0.4, -0.2) is 42.1 Å². The van der Waals surface area contributed by atoms with Crippen molar-refractivity contribution in [2.45, 2.75) is 32.0 Å². The fourth-order valence-electron chi connectivity index (χ4n) is 1.68. The van der Waals surface area contributed by atoms with Gasteiger partial charge < -0.3 is 5.11 Å². The molecule has 1 rings (SSSR count). The second-order valence-electron chi connectivity index (χ2n) is 4.35. The molecule has 6 heteroatoms. The highest BCUT2D eigenvalue weighted by atomic mass is 32.2. The molecule has 0 aromatic carbocycles. The molecule has 14 heavy (non-hydrogen) atoms. The number of sulfone groups is 1. The van der Waals surface area contributed by atoms with E-state index in [1.165, 1.54) is 13.8 Å². The van der Waals surface area contributed by atoms with Crippen LogP contribution in [0.2, 0.25) is 0 Å². The molecule has 1 fully saturated rings. The van der Waals surface area contributed by atoms with Crippen LogP contribution in [0.3, 0.4) is 0 Å². The third-order valence-corrected chi connectivity index (χ3v) is 4.46. The minimum Gasteiger partial charge on any atom is -0.369 e. The molecule has 1 aliphatic heterocycles. The molecular formula is C8H15NO4S. The molecule has 1 unspecified atom stereocenters. The zero-order chi connectivity index (χ0) is 11.2. The van der Waals surface area contributed by atoms with Crippen molar-refractivity contribution in [3.05, 3.63) is 0 Å². The van der Waals surface area contributed by atoms with E-state index in [0.717, 1.165) is 0 Å². The third kappa shape index (κ3) is 2.31. The Morgan fingerprint density at radius 1 is 1.50 bits per heavy atom. The first kappa shape index (κ1) is 11.6. The summed E-state index contributed by atoms with van der Waals surface area (Å²) in [5.74, 6) is -0.504. The van der Waals surface area contributed by atoms with Crippen molar-refractivity contribution in [2.24, 2.45) is 0 Å². The first-order valence-corrected chi connectivity index (χ1v) is 6.12. The molecule has 0 saturated carbocycles. The van der Waals surface area contributed by atoms with Crippen molar-refractivity contribution in [1.82, 2.24) is 5.32 Å². The summed E-state index contributed by atoms with van der Waals surface area (Å²) in [4.78, 5) is 11.0. The van der Waals surface area contributed by atoms with E-state index in [0.29, 0.717) is 0 Å². The lowest BCUT2D eigenvalue weighted by molar-refractivity contribution is -0.138. The maximum Gasteiger partial charge on any atom is 0.175 e. The summed E-state index contributed by atoms with van der Waals surface area (Å²) in [7, 11) is -2.97. The van der Waals surface area contributed by atoms with E-state index in [1.54, 1.807) is 6.92 Å². The number of Topliss-reactive ketones (excluding diaryl/α,β-unsaturated/α-hetero) is 1. The minimum atomic E-state index is -2.97. The van der Waals surface area contributed by atoms with Crippen molar-refractivity contribution < 1.29 is 18.3 Å². The Morgan fingerprint density at radius 2 is 1.93 bits per heavy atom. The average Bonchev–Trinajstić information content (AvgIpc) is 1.78. The van der Waals surface area contributed by atoms with Gasteiger partial charge in [-0.1, -0.05) is 0 Å². The van der Waals surface area contributed by atoms with E-state index in [9.17, 15) is 18.3 Å². The Labute approximate surface area is 83.4 Å². The van der Waals surface area contributed by atoms with Gasteiger partial charge >= 0.3 is 0 Å². The number of rotatable bonds is 3. The Kier molecular flexibility index (Phi) is 2.50. The molecule has 0 radical (unpaired) electrons. The molecule has 1 aliphatic rings. The van der Waals surface area contributed by atoms with Crippen LogP contribution in [0.15, 0.2) is 0 Å². The standard InChI is InChI=1S/C8H15NO4S/c1-6(10)8(3,11)9-7(2)4-14(12,13)5-7/h9,11H,4-5H2,1-3H3. The predicted molar refractivity (Wildman–Crippen MR) is 51.5 cm³/mol. The van der Waals surface area contributed by atoms with E-state index < -0.39 is 26.9 Å². The zero-order valence-corrected chi connectivity index (χ0v) is 9.31. The van der Waals surface area contributed by atoms with Crippen LogP contribution >= 0.6 is 0 Å². The third-order valence-electron chi connectivity index (χ3n) is 2.31. The maximum absolute atomic E-state index is 11.0. The van der Waals surface area contributed by atoms with Crippen molar-refractivity contribution in [3.8, 4) is 0 Å². The summed E-state index contributed by atoms with van der Waals surface area (Å²) in [6.45, 7) is 4.25. The summed E-state index contributed by atoms with van der Waals surface area (Å²) >= 11 is 0. The number of nitrogens with one attached hydrogen (secondary N) is 1. The summed E-state index contributed by atoms with van der Waals surface area (Å²) in [6, 6.07) is 0. The van der Waals surface area contributed by atoms with Crippen LogP contribution in [0.1, 0.15) is 20.8 Å². The molecular weight excluding hydrogens is 206 g/mol. The second kappa shape index (κ2) is 3.01. The van der Waals surface area contributed by atoms with Crippen molar-refractivity contribution in [2.75, 3.05) is 11.5 Å². The molecule has 1 saturated heterocycles. The quantitative estimate of drug-likeness (QED) is 0.601. The first-order chi connectivity index (χ1) is 6.06. The van der Waals surface area contributed by atoms with E-state index in [1.807, 2.05) is 0 Å². The van der Waals surface area contributed by atoms with Gasteiger partial charge in [0, 0.05) is 5.54 Å². The summed E-state index contributed by atoms with van der Waals surface area (Å²) < 4.78 is 21.9. The van der Waals surface area contributed by atoms with Crippen LogP contribution in [0, 0.1) is 0 Å². The topological polar surface area (TPSA) is 83.5 Å². The van der Waals surface area contributed by atoms with Crippen LogP contribution in [0.25, 0.3) is 0 Å². The molecule has 1 atom stereocenters. The lowest BCUT2D eigenvalue weighted by Crippen LogP contribution is -2.69. The smallest absolute Gasteiger partial charge is 0.175 e. The number of hydrogen-bond donors (Lipinski definition) is 2.